The van der Waals surface area contributed by atoms with Crippen LogP contribution < -0.4 is 0 Å². The van der Waals surface area contributed by atoms with E-state index in [9.17, 15) is 0 Å². The Kier molecular flexibility index (Phi) is 1.71. The summed E-state index contributed by atoms with van der Waals surface area (Å²) in [5.41, 5.74) is 0. The van der Waals surface area contributed by atoms with E-state index in [4.69, 9.17) is 0 Å². The van der Waals surface area contributed by atoms with Gasteiger partial charge in [-0.05, 0) is 38.1 Å². The molecule has 2 fully saturated rings. The average Bonchev–Trinajstić information content (AvgIpc) is 2.44. The summed E-state index contributed by atoms with van der Waals surface area (Å²) in [6, 6.07) is 1.83. The van der Waals surface area contributed by atoms with Crippen LogP contribution in [0.4, 0.5) is 0 Å². The first kappa shape index (κ1) is 7.60. The fourth-order valence-corrected chi connectivity index (χ4v) is 3.26. The molecule has 2 aliphatic rings. The van der Waals surface area contributed by atoms with E-state index in [-0.39, 0.29) is 0 Å². The molecule has 0 aromatic rings. The number of nitrogens with zero attached hydrogens (tertiary/aromatic N) is 1. The van der Waals surface area contributed by atoms with E-state index in [1.165, 1.54) is 19.3 Å². The number of fused-ring (bicyclic) bond motifs is 2. The summed E-state index contributed by atoms with van der Waals surface area (Å²) < 4.78 is 0. The summed E-state index contributed by atoms with van der Waals surface area (Å²) in [6.45, 7) is 4.73. The van der Waals surface area contributed by atoms with E-state index < -0.39 is 0 Å². The smallest absolute Gasteiger partial charge is 0.0147 e. The Morgan fingerprint density at radius 2 is 2.00 bits per heavy atom. The van der Waals surface area contributed by atoms with E-state index in [1.807, 2.05) is 0 Å². The van der Waals surface area contributed by atoms with Gasteiger partial charge in [-0.2, -0.15) is 0 Å². The molecule has 1 aliphatic heterocycles. The molecule has 0 aromatic carbocycles. The van der Waals surface area contributed by atoms with Crippen LogP contribution >= 0.6 is 0 Å². The normalized spacial score (nSPS) is 44.2. The van der Waals surface area contributed by atoms with Crippen molar-refractivity contribution in [2.75, 3.05) is 7.05 Å². The van der Waals surface area contributed by atoms with E-state index in [1.54, 1.807) is 0 Å². The highest BCUT2D eigenvalue weighted by Crippen LogP contribution is 2.43. The van der Waals surface area contributed by atoms with Crippen LogP contribution in [0.1, 0.15) is 33.1 Å². The molecule has 1 heteroatoms. The molecule has 0 amide bonds. The van der Waals surface area contributed by atoms with Gasteiger partial charge in [-0.25, -0.2) is 0 Å². The highest BCUT2D eigenvalue weighted by atomic mass is 15.2. The van der Waals surface area contributed by atoms with Gasteiger partial charge in [-0.3, -0.25) is 4.90 Å². The second-order valence-electron chi connectivity index (χ2n) is 4.63. The number of hydrogen-bond donors (Lipinski definition) is 0. The molecule has 0 unspecified atom stereocenters. The maximum atomic E-state index is 2.62. The van der Waals surface area contributed by atoms with Gasteiger partial charge in [0.05, 0.1) is 0 Å². The van der Waals surface area contributed by atoms with Crippen molar-refractivity contribution in [1.29, 1.82) is 0 Å². The van der Waals surface area contributed by atoms with Crippen LogP contribution in [0.2, 0.25) is 0 Å². The lowest BCUT2D eigenvalue weighted by atomic mass is 9.90. The van der Waals surface area contributed by atoms with Crippen LogP contribution in [-0.2, 0) is 0 Å². The van der Waals surface area contributed by atoms with Crippen molar-refractivity contribution in [3.63, 3.8) is 0 Å². The summed E-state index contributed by atoms with van der Waals surface area (Å²) in [7, 11) is 2.31. The highest BCUT2D eigenvalue weighted by Gasteiger charge is 2.44. The number of likely N-dealkylation sites (tertiary alicyclic amines) is 1. The summed E-state index contributed by atoms with van der Waals surface area (Å²) >= 11 is 0. The molecular formula is C10H19N. The molecule has 1 nitrogen and oxygen atoms in total. The molecule has 64 valence electrons. The molecular weight excluding hydrogens is 134 g/mol. The van der Waals surface area contributed by atoms with Gasteiger partial charge in [0.2, 0.25) is 0 Å². The summed E-state index contributed by atoms with van der Waals surface area (Å²) in [5, 5.41) is 0. The molecule has 1 aliphatic carbocycles. The SMILES string of the molecule is CC(C)[C@@H]1[C@H]2CC[C@H](C2)N1C. The minimum atomic E-state index is 0.857. The topological polar surface area (TPSA) is 3.24 Å². The van der Waals surface area contributed by atoms with Gasteiger partial charge in [-0.1, -0.05) is 13.8 Å². The number of piperidine rings is 1. The number of rotatable bonds is 1. The molecule has 0 spiro atoms. The zero-order valence-electron chi connectivity index (χ0n) is 7.88. The molecule has 11 heavy (non-hydrogen) atoms. The lowest BCUT2D eigenvalue weighted by Gasteiger charge is -2.34. The van der Waals surface area contributed by atoms with Gasteiger partial charge in [0, 0.05) is 12.1 Å². The van der Waals surface area contributed by atoms with E-state index >= 15 is 0 Å². The maximum Gasteiger partial charge on any atom is 0.0147 e. The molecule has 3 atom stereocenters. The standard InChI is InChI=1S/C10H19N/c1-7(2)10-8-4-5-9(6-8)11(10)3/h7-10H,4-6H2,1-3H3/t8-,9+,10+/m0/s1. The van der Waals surface area contributed by atoms with E-state index in [0.717, 1.165) is 23.9 Å². The molecule has 1 heterocycles. The van der Waals surface area contributed by atoms with Crippen LogP contribution in [0, 0.1) is 11.8 Å². The van der Waals surface area contributed by atoms with Crippen molar-refractivity contribution in [3.8, 4) is 0 Å². The van der Waals surface area contributed by atoms with Crippen molar-refractivity contribution >= 4 is 0 Å². The first-order chi connectivity index (χ1) is 5.20. The number of hydrogen-bond acceptors (Lipinski definition) is 1. The van der Waals surface area contributed by atoms with Gasteiger partial charge in [0.1, 0.15) is 0 Å². The average molecular weight is 153 g/mol. The Labute approximate surface area is 69.8 Å². The quantitative estimate of drug-likeness (QED) is 0.558. The van der Waals surface area contributed by atoms with Gasteiger partial charge in [0.15, 0.2) is 0 Å². The zero-order valence-corrected chi connectivity index (χ0v) is 7.88. The van der Waals surface area contributed by atoms with Gasteiger partial charge >= 0.3 is 0 Å². The highest BCUT2D eigenvalue weighted by molar-refractivity contribution is 4.98. The predicted molar refractivity (Wildman–Crippen MR) is 47.5 cm³/mol. The summed E-state index contributed by atoms with van der Waals surface area (Å²) in [6.07, 6.45) is 4.45. The molecule has 0 N–H and O–H groups in total. The molecule has 0 aromatic heterocycles. The van der Waals surface area contributed by atoms with Crippen LogP contribution in [0.5, 0.6) is 0 Å². The maximum absolute atomic E-state index is 2.62. The minimum Gasteiger partial charge on any atom is -0.300 e. The molecule has 1 saturated heterocycles. The Bertz CT molecular complexity index is 151. The van der Waals surface area contributed by atoms with Crippen molar-refractivity contribution in [3.05, 3.63) is 0 Å². The molecule has 1 saturated carbocycles. The minimum absolute atomic E-state index is 0.857. The fraction of sp³-hybridized carbons (Fsp3) is 1.00. The van der Waals surface area contributed by atoms with Crippen LogP contribution in [0.3, 0.4) is 0 Å². The lowest BCUT2D eigenvalue weighted by molar-refractivity contribution is 0.136. The van der Waals surface area contributed by atoms with Crippen LogP contribution in [0.15, 0.2) is 0 Å². The largest absolute Gasteiger partial charge is 0.300 e. The Hall–Kier alpha value is -0.0400. The second-order valence-corrected chi connectivity index (χ2v) is 4.63. The molecule has 0 radical (unpaired) electrons. The monoisotopic (exact) mass is 153 g/mol. The van der Waals surface area contributed by atoms with Crippen molar-refractivity contribution in [2.45, 2.75) is 45.2 Å². The van der Waals surface area contributed by atoms with Crippen molar-refractivity contribution in [1.82, 2.24) is 4.90 Å². The lowest BCUT2D eigenvalue weighted by Crippen LogP contribution is -2.40. The predicted octanol–water partition coefficient (Wildman–Crippen LogP) is 2.13. The molecule has 2 rings (SSSR count). The van der Waals surface area contributed by atoms with Crippen LogP contribution in [-0.4, -0.2) is 24.0 Å². The Morgan fingerprint density at radius 1 is 1.27 bits per heavy atom. The third kappa shape index (κ3) is 1.01. The summed E-state index contributed by atoms with van der Waals surface area (Å²) in [5.74, 6) is 1.89. The second kappa shape index (κ2) is 2.48. The first-order valence-corrected chi connectivity index (χ1v) is 4.92. The zero-order chi connectivity index (χ0) is 8.01. The first-order valence-electron chi connectivity index (χ1n) is 4.92. The van der Waals surface area contributed by atoms with E-state index in [0.29, 0.717) is 0 Å². The van der Waals surface area contributed by atoms with Crippen molar-refractivity contribution < 1.29 is 0 Å². The Balaban J connectivity index is 2.11. The fourth-order valence-electron chi connectivity index (χ4n) is 3.26. The Morgan fingerprint density at radius 3 is 2.36 bits per heavy atom. The third-order valence-corrected chi connectivity index (χ3v) is 3.66. The van der Waals surface area contributed by atoms with Gasteiger partial charge in [-0.15, -0.1) is 0 Å². The van der Waals surface area contributed by atoms with Crippen molar-refractivity contribution in [2.24, 2.45) is 11.8 Å². The molecule has 2 bridgehead atoms. The summed E-state index contributed by atoms with van der Waals surface area (Å²) in [4.78, 5) is 2.62. The van der Waals surface area contributed by atoms with Gasteiger partial charge < -0.3 is 0 Å². The van der Waals surface area contributed by atoms with E-state index in [2.05, 4.69) is 25.8 Å². The van der Waals surface area contributed by atoms with Crippen LogP contribution in [0.25, 0.3) is 0 Å². The van der Waals surface area contributed by atoms with Gasteiger partial charge in [0.25, 0.3) is 0 Å². The third-order valence-electron chi connectivity index (χ3n) is 3.66.